The molecule has 2 rings (SSSR count). The molecular weight excluding hydrogens is 136 g/mol. The molecule has 0 atom stereocenters. The topological polar surface area (TPSA) is 24.7 Å². The maximum Gasteiger partial charge on any atom is 0.130 e. The van der Waals surface area contributed by atoms with Crippen molar-refractivity contribution in [3.63, 3.8) is 0 Å². The van der Waals surface area contributed by atoms with Gasteiger partial charge in [0.1, 0.15) is 6.67 Å². The van der Waals surface area contributed by atoms with Gasteiger partial charge in [-0.15, -0.1) is 0 Å². The Kier molecular flexibility index (Phi) is 3.02. The molecule has 0 bridgehead atoms. The number of nitrogens with zero attached hydrogens (tertiary/aromatic N) is 2. The zero-order valence-electron chi connectivity index (χ0n) is 7.17. The Balaban J connectivity index is 0.000000281. The molecule has 60 valence electrons. The Hall–Kier alpha value is -0.920. The van der Waals surface area contributed by atoms with Crippen molar-refractivity contribution in [3.05, 3.63) is 12.2 Å². The zero-order valence-corrected chi connectivity index (χ0v) is 7.17. The summed E-state index contributed by atoms with van der Waals surface area (Å²) in [5.74, 6) is 0. The van der Waals surface area contributed by atoms with E-state index >= 15 is 0 Å². The lowest BCUT2D eigenvalue weighted by Gasteiger charge is -2.03. The Morgan fingerprint density at radius 1 is 1.00 bits per heavy atom. The van der Waals surface area contributed by atoms with Crippen LogP contribution in [-0.2, 0) is 0 Å². The van der Waals surface area contributed by atoms with Crippen molar-refractivity contribution in [2.45, 2.75) is 26.7 Å². The Morgan fingerprint density at radius 3 is 1.91 bits per heavy atom. The fourth-order valence-electron chi connectivity index (χ4n) is 1.14. The maximum absolute atomic E-state index is 4.22. The van der Waals surface area contributed by atoms with E-state index in [1.54, 1.807) is 0 Å². The highest BCUT2D eigenvalue weighted by Gasteiger charge is 2.12. The first-order valence-corrected chi connectivity index (χ1v) is 4.19. The zero-order chi connectivity index (χ0) is 8.10. The molecule has 0 unspecified atom stereocenters. The van der Waals surface area contributed by atoms with Crippen molar-refractivity contribution in [1.82, 2.24) is 0 Å². The quantitative estimate of drug-likeness (QED) is 0.473. The van der Waals surface area contributed by atoms with E-state index in [1.807, 2.05) is 13.8 Å². The van der Waals surface area contributed by atoms with Crippen molar-refractivity contribution in [3.8, 4) is 0 Å². The number of allylic oxidation sites excluding steroid dienone is 2. The van der Waals surface area contributed by atoms with Crippen LogP contribution in [0.15, 0.2) is 22.1 Å². The van der Waals surface area contributed by atoms with Crippen LogP contribution in [0.2, 0.25) is 0 Å². The van der Waals surface area contributed by atoms with Crippen LogP contribution in [0.25, 0.3) is 0 Å². The first-order valence-electron chi connectivity index (χ1n) is 4.19. The fourth-order valence-corrected chi connectivity index (χ4v) is 1.14. The molecule has 1 heterocycles. The molecule has 2 heteroatoms. The average Bonchev–Trinajstić information content (AvgIpc) is 2.55. The average molecular weight is 150 g/mol. The summed E-state index contributed by atoms with van der Waals surface area (Å²) in [7, 11) is 0. The number of rotatable bonds is 0. The van der Waals surface area contributed by atoms with Gasteiger partial charge < -0.3 is 0 Å². The monoisotopic (exact) mass is 150 g/mol. The molecule has 0 spiro atoms. The molecule has 1 aliphatic carbocycles. The SMILES string of the molecule is C1=CCC2=NCN=C2C1.CC. The predicted octanol–water partition coefficient (Wildman–Crippen LogP) is 2.22. The van der Waals surface area contributed by atoms with Crippen LogP contribution >= 0.6 is 0 Å². The highest BCUT2D eigenvalue weighted by molar-refractivity contribution is 6.44. The van der Waals surface area contributed by atoms with Gasteiger partial charge in [-0.3, -0.25) is 9.98 Å². The number of hydrogen-bond donors (Lipinski definition) is 0. The van der Waals surface area contributed by atoms with Crippen LogP contribution in [0.4, 0.5) is 0 Å². The largest absolute Gasteiger partial charge is 0.264 e. The highest BCUT2D eigenvalue weighted by Crippen LogP contribution is 2.10. The predicted molar refractivity (Wildman–Crippen MR) is 49.5 cm³/mol. The van der Waals surface area contributed by atoms with E-state index in [4.69, 9.17) is 0 Å². The molecule has 0 radical (unpaired) electrons. The minimum absolute atomic E-state index is 0.673. The van der Waals surface area contributed by atoms with E-state index in [9.17, 15) is 0 Å². The summed E-state index contributed by atoms with van der Waals surface area (Å²) in [6, 6.07) is 0. The standard InChI is InChI=1S/C7H8N2.C2H6/c1-2-4-7-6(3-1)8-5-9-7;1-2/h1-2H,3-5H2;1-2H3. The van der Waals surface area contributed by atoms with Crippen molar-refractivity contribution in [1.29, 1.82) is 0 Å². The van der Waals surface area contributed by atoms with Crippen LogP contribution in [0.3, 0.4) is 0 Å². The molecule has 0 saturated carbocycles. The molecule has 0 aromatic heterocycles. The molecule has 0 N–H and O–H groups in total. The van der Waals surface area contributed by atoms with Gasteiger partial charge in [-0.25, -0.2) is 0 Å². The lowest BCUT2D eigenvalue weighted by Crippen LogP contribution is -2.11. The van der Waals surface area contributed by atoms with Gasteiger partial charge in [0, 0.05) is 12.8 Å². The van der Waals surface area contributed by atoms with Crippen molar-refractivity contribution in [2.75, 3.05) is 6.67 Å². The van der Waals surface area contributed by atoms with Gasteiger partial charge in [-0.2, -0.15) is 0 Å². The summed E-state index contributed by atoms with van der Waals surface area (Å²) in [4.78, 5) is 8.44. The van der Waals surface area contributed by atoms with Crippen LogP contribution in [0.5, 0.6) is 0 Å². The van der Waals surface area contributed by atoms with Gasteiger partial charge in [-0.05, 0) is 0 Å². The normalized spacial score (nSPS) is 19.5. The van der Waals surface area contributed by atoms with Gasteiger partial charge in [0.25, 0.3) is 0 Å². The van der Waals surface area contributed by atoms with Gasteiger partial charge in [0.2, 0.25) is 0 Å². The molecule has 0 saturated heterocycles. The second-order valence-electron chi connectivity index (χ2n) is 2.23. The lowest BCUT2D eigenvalue weighted by atomic mass is 10.0. The third kappa shape index (κ3) is 1.76. The van der Waals surface area contributed by atoms with Gasteiger partial charge in [0.05, 0.1) is 11.4 Å². The molecule has 0 aromatic carbocycles. The van der Waals surface area contributed by atoms with Crippen LogP contribution in [-0.4, -0.2) is 18.1 Å². The maximum atomic E-state index is 4.22. The van der Waals surface area contributed by atoms with E-state index in [1.165, 1.54) is 11.4 Å². The highest BCUT2D eigenvalue weighted by atomic mass is 15.0. The van der Waals surface area contributed by atoms with Crippen molar-refractivity contribution >= 4 is 11.4 Å². The molecule has 2 aliphatic rings. The minimum Gasteiger partial charge on any atom is -0.264 e. The van der Waals surface area contributed by atoms with Crippen molar-refractivity contribution < 1.29 is 0 Å². The van der Waals surface area contributed by atoms with E-state index in [-0.39, 0.29) is 0 Å². The summed E-state index contributed by atoms with van der Waals surface area (Å²) in [6.07, 6.45) is 6.31. The smallest absolute Gasteiger partial charge is 0.130 e. The van der Waals surface area contributed by atoms with Crippen LogP contribution < -0.4 is 0 Å². The van der Waals surface area contributed by atoms with E-state index in [0.717, 1.165) is 12.8 Å². The van der Waals surface area contributed by atoms with Gasteiger partial charge in [0.15, 0.2) is 0 Å². The summed E-state index contributed by atoms with van der Waals surface area (Å²) < 4.78 is 0. The van der Waals surface area contributed by atoms with E-state index < -0.39 is 0 Å². The molecule has 1 aliphatic heterocycles. The Bertz CT molecular complexity index is 190. The molecule has 2 nitrogen and oxygen atoms in total. The van der Waals surface area contributed by atoms with Gasteiger partial charge in [-0.1, -0.05) is 26.0 Å². The Labute approximate surface area is 67.8 Å². The van der Waals surface area contributed by atoms with E-state index in [2.05, 4.69) is 22.1 Å². The summed E-state index contributed by atoms with van der Waals surface area (Å²) in [5.41, 5.74) is 2.41. The molecule has 0 amide bonds. The van der Waals surface area contributed by atoms with Gasteiger partial charge >= 0.3 is 0 Å². The third-order valence-electron chi connectivity index (χ3n) is 1.65. The van der Waals surface area contributed by atoms with Crippen molar-refractivity contribution in [2.24, 2.45) is 9.98 Å². The first-order chi connectivity index (χ1) is 5.47. The summed E-state index contributed by atoms with van der Waals surface area (Å²) >= 11 is 0. The minimum atomic E-state index is 0.673. The fraction of sp³-hybridized carbons (Fsp3) is 0.556. The molecule has 11 heavy (non-hydrogen) atoms. The summed E-state index contributed by atoms with van der Waals surface area (Å²) in [5, 5.41) is 0. The Morgan fingerprint density at radius 2 is 1.45 bits per heavy atom. The molecular formula is C9H14N2. The number of hydrogen-bond acceptors (Lipinski definition) is 2. The number of fused-ring (bicyclic) bond motifs is 1. The van der Waals surface area contributed by atoms with Crippen LogP contribution in [0.1, 0.15) is 26.7 Å². The molecule has 0 aromatic rings. The first kappa shape index (κ1) is 8.18. The second kappa shape index (κ2) is 4.06. The van der Waals surface area contributed by atoms with Crippen LogP contribution in [0, 0.1) is 0 Å². The third-order valence-corrected chi connectivity index (χ3v) is 1.65. The molecule has 0 fully saturated rings. The lowest BCUT2D eigenvalue weighted by molar-refractivity contribution is 1.10. The number of aliphatic imine (C=N–C) groups is 2. The second-order valence-corrected chi connectivity index (χ2v) is 2.23. The summed E-state index contributed by atoms with van der Waals surface area (Å²) in [6.45, 7) is 4.67. The van der Waals surface area contributed by atoms with E-state index in [0.29, 0.717) is 6.67 Å².